The number of thiophene rings is 1. The Balaban J connectivity index is 2.90. The molecule has 0 saturated heterocycles. The summed E-state index contributed by atoms with van der Waals surface area (Å²) in [5.41, 5.74) is -0.136. The lowest BCUT2D eigenvalue weighted by molar-refractivity contribution is -0.125. The van der Waals surface area contributed by atoms with E-state index in [1.165, 1.54) is 11.3 Å². The molecule has 0 aliphatic rings. The zero-order chi connectivity index (χ0) is 15.3. The van der Waals surface area contributed by atoms with Crippen LogP contribution in [0.25, 0.3) is 0 Å². The molecule has 0 bridgehead atoms. The lowest BCUT2D eigenvalue weighted by Crippen LogP contribution is -2.37. The van der Waals surface area contributed by atoms with Gasteiger partial charge in [-0.25, -0.2) is 4.79 Å². The topological polar surface area (TPSA) is 93.8 Å². The fourth-order valence-corrected chi connectivity index (χ4v) is 2.32. The van der Waals surface area contributed by atoms with Crippen molar-refractivity contribution in [2.75, 3.05) is 6.61 Å². The summed E-state index contributed by atoms with van der Waals surface area (Å²) >= 11 is 1.21. The van der Waals surface area contributed by atoms with Crippen LogP contribution in [0.1, 0.15) is 43.7 Å². The van der Waals surface area contributed by atoms with Crippen molar-refractivity contribution in [2.45, 2.75) is 38.8 Å². The van der Waals surface area contributed by atoms with Crippen molar-refractivity contribution in [3.05, 3.63) is 21.9 Å². The predicted molar refractivity (Wildman–Crippen MR) is 73.3 cm³/mol. The van der Waals surface area contributed by atoms with Crippen molar-refractivity contribution in [3.63, 3.8) is 0 Å². The van der Waals surface area contributed by atoms with E-state index < -0.39 is 17.7 Å². The third kappa shape index (κ3) is 4.49. The summed E-state index contributed by atoms with van der Waals surface area (Å²) < 4.78 is 5.08. The second-order valence-corrected chi connectivity index (χ2v) is 6.12. The molecule has 110 valence electrons. The van der Waals surface area contributed by atoms with Gasteiger partial charge >= 0.3 is 6.09 Å². The minimum Gasteiger partial charge on any atom is -0.442 e. The molecule has 1 aromatic rings. The van der Waals surface area contributed by atoms with Gasteiger partial charge in [0.2, 0.25) is 0 Å². The second kappa shape index (κ2) is 6.70. The maximum Gasteiger partial charge on any atom is 0.434 e. The third-order valence-electron chi connectivity index (χ3n) is 2.39. The number of nitriles is 1. The Hall–Kier alpha value is -1.62. The van der Waals surface area contributed by atoms with Crippen molar-refractivity contribution < 1.29 is 19.8 Å². The molecule has 6 nitrogen and oxygen atoms in total. The molecule has 0 radical (unpaired) electrons. The van der Waals surface area contributed by atoms with Crippen LogP contribution in [0.3, 0.4) is 0 Å². The summed E-state index contributed by atoms with van der Waals surface area (Å²) in [4.78, 5) is 12.3. The summed E-state index contributed by atoms with van der Waals surface area (Å²) in [7, 11) is 0. The molecule has 1 rings (SSSR count). The van der Waals surface area contributed by atoms with E-state index in [0.717, 1.165) is 0 Å². The summed E-state index contributed by atoms with van der Waals surface area (Å²) in [6.45, 7) is 4.87. The van der Waals surface area contributed by atoms with Gasteiger partial charge in [-0.2, -0.15) is 10.3 Å². The molecule has 1 heterocycles. The number of hydrogen-bond donors (Lipinski definition) is 2. The first-order valence-corrected chi connectivity index (χ1v) is 6.97. The highest BCUT2D eigenvalue weighted by atomic mass is 32.1. The largest absolute Gasteiger partial charge is 0.442 e. The molecule has 7 heteroatoms. The van der Waals surface area contributed by atoms with Crippen LogP contribution in [-0.4, -0.2) is 33.7 Å². The number of carbonyl (C=O) groups excluding carboxylic acids is 1. The van der Waals surface area contributed by atoms with Crippen LogP contribution < -0.4 is 0 Å². The molecule has 20 heavy (non-hydrogen) atoms. The Kier molecular flexibility index (Phi) is 5.51. The van der Waals surface area contributed by atoms with Gasteiger partial charge in [0.05, 0.1) is 6.04 Å². The zero-order valence-corrected chi connectivity index (χ0v) is 12.5. The van der Waals surface area contributed by atoms with E-state index in [0.29, 0.717) is 15.5 Å². The number of nitrogens with zero attached hydrogens (tertiary/aromatic N) is 2. The second-order valence-electron chi connectivity index (χ2n) is 5.21. The van der Waals surface area contributed by atoms with Crippen molar-refractivity contribution >= 4 is 17.4 Å². The van der Waals surface area contributed by atoms with Gasteiger partial charge in [0, 0.05) is 6.61 Å². The Bertz CT molecular complexity index is 501. The van der Waals surface area contributed by atoms with Crippen molar-refractivity contribution in [1.29, 1.82) is 5.26 Å². The summed E-state index contributed by atoms with van der Waals surface area (Å²) in [5, 5.41) is 30.0. The summed E-state index contributed by atoms with van der Waals surface area (Å²) in [6.07, 6.45) is -0.738. The van der Waals surface area contributed by atoms with E-state index in [-0.39, 0.29) is 13.0 Å². The van der Waals surface area contributed by atoms with Crippen molar-refractivity contribution in [2.24, 2.45) is 0 Å². The van der Waals surface area contributed by atoms with Gasteiger partial charge in [0.15, 0.2) is 0 Å². The van der Waals surface area contributed by atoms with Gasteiger partial charge in [-0.05, 0) is 44.2 Å². The Labute approximate surface area is 121 Å². The average molecular weight is 298 g/mol. The number of hydroxylamine groups is 2. The fraction of sp³-hybridized carbons (Fsp3) is 0.538. The molecule has 1 atom stereocenters. The third-order valence-corrected chi connectivity index (χ3v) is 3.25. The summed E-state index contributed by atoms with van der Waals surface area (Å²) in [6, 6.07) is 2.83. The smallest absolute Gasteiger partial charge is 0.434 e. The molecular formula is C13H18N2O4S. The minimum absolute atomic E-state index is 0.150. The molecule has 2 N–H and O–H groups in total. The molecule has 0 fully saturated rings. The standard InChI is InChI=1S/C13H18N2O4S/c1-13(2,3)19-12(17)15(18)11(4-5-16)9-6-10(7-14)20-8-9/h6,8,11,16,18H,4-5H2,1-3H3. The lowest BCUT2D eigenvalue weighted by Gasteiger charge is -2.28. The number of amides is 1. The minimum atomic E-state index is -0.888. The van der Waals surface area contributed by atoms with Gasteiger partial charge < -0.3 is 9.84 Å². The van der Waals surface area contributed by atoms with Crippen LogP contribution >= 0.6 is 11.3 Å². The van der Waals surface area contributed by atoms with E-state index in [1.807, 2.05) is 6.07 Å². The normalized spacial score (nSPS) is 12.6. The molecule has 1 aromatic heterocycles. The van der Waals surface area contributed by atoms with Crippen LogP contribution in [0.2, 0.25) is 0 Å². The highest BCUT2D eigenvalue weighted by Gasteiger charge is 2.28. The molecule has 0 aliphatic heterocycles. The first kappa shape index (κ1) is 16.4. The quantitative estimate of drug-likeness (QED) is 0.658. The van der Waals surface area contributed by atoms with Gasteiger partial charge in [-0.1, -0.05) is 0 Å². The highest BCUT2D eigenvalue weighted by molar-refractivity contribution is 7.10. The first-order valence-electron chi connectivity index (χ1n) is 6.09. The van der Waals surface area contributed by atoms with E-state index >= 15 is 0 Å². The molecule has 0 saturated carbocycles. The summed E-state index contributed by atoms with van der Waals surface area (Å²) in [5.74, 6) is 0. The average Bonchev–Trinajstić information content (AvgIpc) is 2.81. The maximum atomic E-state index is 11.8. The molecule has 1 unspecified atom stereocenters. The fourth-order valence-electron chi connectivity index (χ4n) is 1.57. The number of hydrogen-bond acceptors (Lipinski definition) is 6. The molecule has 1 amide bonds. The van der Waals surface area contributed by atoms with Gasteiger partial charge in [-0.3, -0.25) is 5.21 Å². The van der Waals surface area contributed by atoms with E-state index in [4.69, 9.17) is 15.1 Å². The molecular weight excluding hydrogens is 280 g/mol. The number of ether oxygens (including phenoxy) is 1. The van der Waals surface area contributed by atoms with Crippen LogP contribution in [0, 0.1) is 11.3 Å². The van der Waals surface area contributed by atoms with Crippen molar-refractivity contribution in [3.8, 4) is 6.07 Å². The van der Waals surface area contributed by atoms with Crippen LogP contribution in [-0.2, 0) is 4.74 Å². The van der Waals surface area contributed by atoms with E-state index in [1.54, 1.807) is 32.2 Å². The number of rotatable bonds is 4. The van der Waals surface area contributed by atoms with Gasteiger partial charge in [0.1, 0.15) is 16.5 Å². The first-order chi connectivity index (χ1) is 9.28. The number of aliphatic hydroxyl groups is 1. The van der Waals surface area contributed by atoms with Gasteiger partial charge in [0.25, 0.3) is 0 Å². The SMILES string of the molecule is CC(C)(C)OC(=O)N(O)C(CCO)c1csc(C#N)c1. The molecule has 0 spiro atoms. The van der Waals surface area contributed by atoms with Crippen LogP contribution in [0.5, 0.6) is 0 Å². The van der Waals surface area contributed by atoms with E-state index in [2.05, 4.69) is 0 Å². The van der Waals surface area contributed by atoms with Gasteiger partial charge in [-0.15, -0.1) is 11.3 Å². The molecule has 0 aromatic carbocycles. The zero-order valence-electron chi connectivity index (χ0n) is 11.7. The monoisotopic (exact) mass is 298 g/mol. The van der Waals surface area contributed by atoms with Crippen LogP contribution in [0.4, 0.5) is 4.79 Å². The van der Waals surface area contributed by atoms with Crippen LogP contribution in [0.15, 0.2) is 11.4 Å². The van der Waals surface area contributed by atoms with Crippen molar-refractivity contribution in [1.82, 2.24) is 5.06 Å². The number of aliphatic hydroxyl groups excluding tert-OH is 1. The molecule has 0 aliphatic carbocycles. The predicted octanol–water partition coefficient (Wildman–Crippen LogP) is 2.67. The Morgan fingerprint density at radius 3 is 2.70 bits per heavy atom. The number of carbonyl (C=O) groups is 1. The van der Waals surface area contributed by atoms with E-state index in [9.17, 15) is 10.0 Å². The Morgan fingerprint density at radius 2 is 2.25 bits per heavy atom. The Morgan fingerprint density at radius 1 is 1.60 bits per heavy atom. The maximum absolute atomic E-state index is 11.8. The lowest BCUT2D eigenvalue weighted by atomic mass is 10.1. The highest BCUT2D eigenvalue weighted by Crippen LogP contribution is 2.28.